The van der Waals surface area contributed by atoms with Crippen LogP contribution >= 0.6 is 0 Å². The fourth-order valence-electron chi connectivity index (χ4n) is 1.78. The molecule has 0 saturated heterocycles. The number of urea groups is 1. The predicted octanol–water partition coefficient (Wildman–Crippen LogP) is 2.65. The standard InChI is InChI=1S/C15H26N2O3/c1-5-10-17(11-6-2)15(20)16-13(4)9-7-8-12(3)14(18)19/h5-6,12-13H,1-2,7-11H2,3-4H3,(H,16,20)(H,18,19). The van der Waals surface area contributed by atoms with Crippen LogP contribution in [-0.2, 0) is 4.79 Å². The Bertz CT molecular complexity index is 332. The summed E-state index contributed by atoms with van der Waals surface area (Å²) in [6, 6.07) is -0.135. The SMILES string of the molecule is C=CCN(CC=C)C(=O)NC(C)CCCC(C)C(=O)O. The molecule has 0 radical (unpaired) electrons. The molecule has 0 aliphatic heterocycles. The molecule has 0 heterocycles. The van der Waals surface area contributed by atoms with Crippen molar-refractivity contribution in [1.29, 1.82) is 0 Å². The van der Waals surface area contributed by atoms with Gasteiger partial charge in [0, 0.05) is 19.1 Å². The third-order valence-electron chi connectivity index (χ3n) is 3.05. The Morgan fingerprint density at radius 2 is 1.75 bits per heavy atom. The Morgan fingerprint density at radius 3 is 2.20 bits per heavy atom. The van der Waals surface area contributed by atoms with E-state index in [-0.39, 0.29) is 18.0 Å². The average Bonchev–Trinajstić information content (AvgIpc) is 2.38. The summed E-state index contributed by atoms with van der Waals surface area (Å²) in [6.45, 7) is 11.8. The summed E-state index contributed by atoms with van der Waals surface area (Å²) in [4.78, 5) is 24.3. The summed E-state index contributed by atoms with van der Waals surface area (Å²) in [6.07, 6.45) is 5.50. The van der Waals surface area contributed by atoms with Crippen molar-refractivity contribution in [2.24, 2.45) is 5.92 Å². The quantitative estimate of drug-likeness (QED) is 0.605. The van der Waals surface area contributed by atoms with E-state index < -0.39 is 5.97 Å². The number of rotatable bonds is 10. The fourth-order valence-corrected chi connectivity index (χ4v) is 1.78. The number of carboxylic acid groups (broad SMARTS) is 1. The predicted molar refractivity (Wildman–Crippen MR) is 80.6 cm³/mol. The second-order valence-corrected chi connectivity index (χ2v) is 5.00. The van der Waals surface area contributed by atoms with Gasteiger partial charge >= 0.3 is 12.0 Å². The normalized spacial score (nSPS) is 13.1. The maximum atomic E-state index is 12.0. The zero-order valence-electron chi connectivity index (χ0n) is 12.5. The minimum absolute atomic E-state index is 0.0145. The number of carboxylic acids is 1. The molecule has 0 fully saturated rings. The van der Waals surface area contributed by atoms with Gasteiger partial charge in [0.15, 0.2) is 0 Å². The lowest BCUT2D eigenvalue weighted by atomic mass is 10.0. The first-order valence-electron chi connectivity index (χ1n) is 6.92. The molecular weight excluding hydrogens is 256 g/mol. The van der Waals surface area contributed by atoms with Crippen molar-refractivity contribution in [2.75, 3.05) is 13.1 Å². The van der Waals surface area contributed by atoms with E-state index in [0.717, 1.165) is 12.8 Å². The first-order valence-corrected chi connectivity index (χ1v) is 6.92. The van der Waals surface area contributed by atoms with E-state index in [1.807, 2.05) is 6.92 Å². The van der Waals surface area contributed by atoms with E-state index in [4.69, 9.17) is 5.11 Å². The number of hydrogen-bond acceptors (Lipinski definition) is 2. The van der Waals surface area contributed by atoms with Gasteiger partial charge in [0.2, 0.25) is 0 Å². The van der Waals surface area contributed by atoms with E-state index >= 15 is 0 Å². The first kappa shape index (κ1) is 18.2. The minimum atomic E-state index is -0.773. The smallest absolute Gasteiger partial charge is 0.318 e. The number of aliphatic carboxylic acids is 1. The second kappa shape index (κ2) is 10.1. The largest absolute Gasteiger partial charge is 0.481 e. The summed E-state index contributed by atoms with van der Waals surface area (Å²) in [5, 5.41) is 11.7. The molecule has 20 heavy (non-hydrogen) atoms. The van der Waals surface area contributed by atoms with Gasteiger partial charge in [-0.2, -0.15) is 0 Å². The Morgan fingerprint density at radius 1 is 1.20 bits per heavy atom. The van der Waals surface area contributed by atoms with Crippen molar-refractivity contribution in [2.45, 2.75) is 39.2 Å². The van der Waals surface area contributed by atoms with Crippen LogP contribution < -0.4 is 5.32 Å². The molecule has 0 spiro atoms. The zero-order valence-corrected chi connectivity index (χ0v) is 12.5. The van der Waals surface area contributed by atoms with Crippen molar-refractivity contribution in [3.8, 4) is 0 Å². The van der Waals surface area contributed by atoms with E-state index in [2.05, 4.69) is 18.5 Å². The third kappa shape index (κ3) is 7.61. The Hall–Kier alpha value is -1.78. The van der Waals surface area contributed by atoms with Crippen LogP contribution in [0.4, 0.5) is 4.79 Å². The molecule has 2 N–H and O–H groups in total. The lowest BCUT2D eigenvalue weighted by molar-refractivity contribution is -0.141. The number of carbonyl (C=O) groups excluding carboxylic acids is 1. The zero-order chi connectivity index (χ0) is 15.5. The van der Waals surface area contributed by atoms with Crippen molar-refractivity contribution in [3.63, 3.8) is 0 Å². The molecule has 0 saturated carbocycles. The molecule has 0 bridgehead atoms. The molecule has 5 nitrogen and oxygen atoms in total. The van der Waals surface area contributed by atoms with Crippen LogP contribution in [0.5, 0.6) is 0 Å². The lowest BCUT2D eigenvalue weighted by Gasteiger charge is -2.23. The summed E-state index contributed by atoms with van der Waals surface area (Å²) < 4.78 is 0. The highest BCUT2D eigenvalue weighted by molar-refractivity contribution is 5.74. The molecule has 2 atom stereocenters. The maximum absolute atomic E-state index is 12.0. The number of nitrogens with one attached hydrogen (secondary N) is 1. The molecule has 0 aromatic carbocycles. The molecule has 2 unspecified atom stereocenters. The first-order chi connectivity index (χ1) is 9.42. The molecular formula is C15H26N2O3. The van der Waals surface area contributed by atoms with Crippen LogP contribution in [0, 0.1) is 5.92 Å². The summed E-state index contributed by atoms with van der Waals surface area (Å²) in [5.41, 5.74) is 0. The van der Waals surface area contributed by atoms with Crippen LogP contribution in [0.3, 0.4) is 0 Å². The van der Waals surface area contributed by atoms with Crippen molar-refractivity contribution in [3.05, 3.63) is 25.3 Å². The number of carbonyl (C=O) groups is 2. The Kier molecular flexibility index (Phi) is 9.17. The monoisotopic (exact) mass is 282 g/mol. The minimum Gasteiger partial charge on any atom is -0.481 e. The Labute approximate surface area is 121 Å². The fraction of sp³-hybridized carbons (Fsp3) is 0.600. The number of amides is 2. The van der Waals surface area contributed by atoms with Gasteiger partial charge < -0.3 is 15.3 Å². The maximum Gasteiger partial charge on any atom is 0.318 e. The van der Waals surface area contributed by atoms with E-state index in [0.29, 0.717) is 19.5 Å². The molecule has 0 rings (SSSR count). The van der Waals surface area contributed by atoms with Crippen LogP contribution in [0.25, 0.3) is 0 Å². The molecule has 5 heteroatoms. The van der Waals surface area contributed by atoms with Gasteiger partial charge in [-0.1, -0.05) is 25.5 Å². The van der Waals surface area contributed by atoms with Gasteiger partial charge in [-0.15, -0.1) is 13.2 Å². The van der Waals surface area contributed by atoms with E-state index in [1.165, 1.54) is 0 Å². The topological polar surface area (TPSA) is 69.6 Å². The van der Waals surface area contributed by atoms with Crippen LogP contribution in [0.1, 0.15) is 33.1 Å². The molecule has 2 amide bonds. The summed E-state index contributed by atoms with van der Waals surface area (Å²) in [7, 11) is 0. The van der Waals surface area contributed by atoms with Gasteiger partial charge in [0.05, 0.1) is 5.92 Å². The van der Waals surface area contributed by atoms with Gasteiger partial charge in [-0.05, 0) is 19.8 Å². The van der Waals surface area contributed by atoms with Gasteiger partial charge in [0.25, 0.3) is 0 Å². The van der Waals surface area contributed by atoms with Crippen molar-refractivity contribution in [1.82, 2.24) is 10.2 Å². The molecule has 0 aliphatic carbocycles. The highest BCUT2D eigenvalue weighted by Crippen LogP contribution is 2.09. The molecule has 0 aliphatic rings. The number of hydrogen-bond donors (Lipinski definition) is 2. The van der Waals surface area contributed by atoms with E-state index in [1.54, 1.807) is 24.0 Å². The van der Waals surface area contributed by atoms with Gasteiger partial charge in [-0.3, -0.25) is 4.79 Å². The number of nitrogens with zero attached hydrogens (tertiary/aromatic N) is 1. The molecule has 114 valence electrons. The molecule has 0 aromatic heterocycles. The average molecular weight is 282 g/mol. The second-order valence-electron chi connectivity index (χ2n) is 5.00. The summed E-state index contributed by atoms with van der Waals surface area (Å²) >= 11 is 0. The van der Waals surface area contributed by atoms with Gasteiger partial charge in [-0.25, -0.2) is 4.79 Å². The van der Waals surface area contributed by atoms with Crippen molar-refractivity contribution >= 4 is 12.0 Å². The van der Waals surface area contributed by atoms with Crippen LogP contribution in [-0.4, -0.2) is 41.1 Å². The molecule has 0 aromatic rings. The van der Waals surface area contributed by atoms with E-state index in [9.17, 15) is 9.59 Å². The highest BCUT2D eigenvalue weighted by atomic mass is 16.4. The van der Waals surface area contributed by atoms with Gasteiger partial charge in [0.1, 0.15) is 0 Å². The van der Waals surface area contributed by atoms with Crippen molar-refractivity contribution < 1.29 is 14.7 Å². The third-order valence-corrected chi connectivity index (χ3v) is 3.05. The highest BCUT2D eigenvalue weighted by Gasteiger charge is 2.15. The Balaban J connectivity index is 4.07. The van der Waals surface area contributed by atoms with Crippen LogP contribution in [0.15, 0.2) is 25.3 Å². The lowest BCUT2D eigenvalue weighted by Crippen LogP contribution is -2.44. The van der Waals surface area contributed by atoms with Crippen LogP contribution in [0.2, 0.25) is 0 Å². The summed E-state index contributed by atoms with van der Waals surface area (Å²) in [5.74, 6) is -1.11.